The van der Waals surface area contributed by atoms with Crippen LogP contribution >= 0.6 is 0 Å². The molecule has 0 aromatic rings. The summed E-state index contributed by atoms with van der Waals surface area (Å²) in [6.45, 7) is 16.5. The van der Waals surface area contributed by atoms with Crippen LogP contribution in [0.15, 0.2) is 0 Å². The van der Waals surface area contributed by atoms with E-state index in [0.717, 1.165) is 30.2 Å². The minimum atomic E-state index is -3.46. The number of hydrogen-bond donors (Lipinski definition) is 0. The Morgan fingerprint density at radius 3 is 0.833 bits per heavy atom. The van der Waals surface area contributed by atoms with E-state index in [4.69, 9.17) is 0 Å². The van der Waals surface area contributed by atoms with Crippen molar-refractivity contribution < 1.29 is 6.51 Å². The minimum absolute atomic E-state index is 0.918. The van der Waals surface area contributed by atoms with Gasteiger partial charge in [-0.2, -0.15) is 0 Å². The van der Waals surface area contributed by atoms with Crippen LogP contribution in [0.4, 0.5) is 0 Å². The average Bonchev–Trinajstić information content (AvgIpc) is 3.26. The summed E-state index contributed by atoms with van der Waals surface area (Å²) in [5.41, 5.74) is 0. The quantitative estimate of drug-likeness (QED) is 0.471. The predicted molar refractivity (Wildman–Crippen MR) is 69.8 cm³/mol. The molecule has 10 aliphatic heterocycles. The standard InChI is InChI=1S/C10H15.C7H9.Fe/c1-6-7(2)9(4)10(5)8(6)3;1-6-3-4-7(2)5-6;/h1-5H3;3-5H,1-2H3;. The first-order valence-electron chi connectivity index (χ1n) is 8.09. The van der Waals surface area contributed by atoms with Crippen LogP contribution < -0.4 is 0 Å². The number of rotatable bonds is 0. The van der Waals surface area contributed by atoms with Crippen molar-refractivity contribution in [2.24, 2.45) is 0 Å². The molecule has 10 fully saturated rings. The second-order valence-corrected chi connectivity index (χ2v) is 36.1. The van der Waals surface area contributed by atoms with E-state index in [-0.39, 0.29) is 0 Å². The van der Waals surface area contributed by atoms with Gasteiger partial charge in [-0.15, -0.1) is 0 Å². The van der Waals surface area contributed by atoms with E-state index in [9.17, 15) is 0 Å². The van der Waals surface area contributed by atoms with Gasteiger partial charge in [0.25, 0.3) is 0 Å². The van der Waals surface area contributed by atoms with Gasteiger partial charge < -0.3 is 0 Å². The SMILES string of the molecule is C[C]12[CH]3[CH]4[C]5(C)[CH]1[Fe]34251678[C]2(C)[C]1(C)[C]6(C)[C]7(C)[C]28C. The molecule has 100 valence electrons. The average molecular weight is 284 g/mol. The Labute approximate surface area is 99.6 Å². The monoisotopic (exact) mass is 284 g/mol. The zero-order chi connectivity index (χ0) is 12.5. The molecule has 0 bridgehead atoms. The second-order valence-electron chi connectivity index (χ2n) is 12.6. The van der Waals surface area contributed by atoms with Crippen molar-refractivity contribution in [1.29, 1.82) is 0 Å². The molecular weight excluding hydrogens is 260 g/mol. The number of fused-ring (bicyclic) bond motifs is 10. The maximum atomic E-state index is 2.86. The van der Waals surface area contributed by atoms with E-state index < -0.39 is 6.51 Å². The molecule has 0 nitrogen and oxygen atoms in total. The summed E-state index contributed by atoms with van der Waals surface area (Å²) in [5.74, 6) is 0. The van der Waals surface area contributed by atoms with Gasteiger partial charge in [0.15, 0.2) is 0 Å². The zero-order valence-electron chi connectivity index (χ0n) is 12.6. The summed E-state index contributed by atoms with van der Waals surface area (Å²) in [6.07, 6.45) is 0. The molecule has 10 heterocycles. The summed E-state index contributed by atoms with van der Waals surface area (Å²) in [6, 6.07) is 0. The Morgan fingerprint density at radius 1 is 0.556 bits per heavy atom. The topological polar surface area (TPSA) is 0 Å². The summed E-state index contributed by atoms with van der Waals surface area (Å²) in [5, 5.41) is 0. The first-order valence-corrected chi connectivity index (χ1v) is 13.9. The van der Waals surface area contributed by atoms with Crippen molar-refractivity contribution in [3.8, 4) is 0 Å². The van der Waals surface area contributed by atoms with Crippen molar-refractivity contribution in [2.45, 2.75) is 93.1 Å². The van der Waals surface area contributed by atoms with Gasteiger partial charge in [-0.05, 0) is 0 Å². The Bertz CT molecular complexity index is 1040. The van der Waals surface area contributed by atoms with Crippen molar-refractivity contribution >= 4 is 0 Å². The Hall–Kier alpha value is 0.519. The van der Waals surface area contributed by atoms with Crippen molar-refractivity contribution in [2.75, 3.05) is 0 Å². The fourth-order valence-corrected chi connectivity index (χ4v) is 122. The van der Waals surface area contributed by atoms with Gasteiger partial charge in [0.2, 0.25) is 0 Å². The summed E-state index contributed by atoms with van der Waals surface area (Å²) >= 11 is 0. The van der Waals surface area contributed by atoms with Gasteiger partial charge in [-0.25, -0.2) is 0 Å². The van der Waals surface area contributed by atoms with E-state index >= 15 is 0 Å². The molecule has 18 heavy (non-hydrogen) atoms. The van der Waals surface area contributed by atoms with Crippen LogP contribution in [0.5, 0.6) is 0 Å². The number of hydrogen-bond acceptors (Lipinski definition) is 0. The summed E-state index contributed by atoms with van der Waals surface area (Å²) < 4.78 is 6.53. The van der Waals surface area contributed by atoms with Gasteiger partial charge in [-0.3, -0.25) is 0 Å². The molecule has 0 aromatic carbocycles. The first-order chi connectivity index (χ1) is 7.89. The van der Waals surface area contributed by atoms with Crippen LogP contribution in [0.25, 0.3) is 0 Å². The van der Waals surface area contributed by atoms with Crippen molar-refractivity contribution in [3.05, 3.63) is 0 Å². The van der Waals surface area contributed by atoms with E-state index in [1.807, 2.05) is 0 Å². The van der Waals surface area contributed by atoms with E-state index in [2.05, 4.69) is 48.5 Å². The molecule has 0 radical (unpaired) electrons. The predicted octanol–water partition coefficient (Wildman–Crippen LogP) is 6.11. The van der Waals surface area contributed by atoms with Crippen LogP contribution in [0.1, 0.15) is 48.5 Å². The Balaban J connectivity index is 1.95. The van der Waals surface area contributed by atoms with Crippen LogP contribution in [-0.2, 0) is 6.51 Å². The molecule has 0 amide bonds. The van der Waals surface area contributed by atoms with E-state index in [0.29, 0.717) is 0 Å². The van der Waals surface area contributed by atoms with Crippen LogP contribution in [0.3, 0.4) is 0 Å². The molecule has 4 atom stereocenters. The van der Waals surface area contributed by atoms with E-state index in [1.165, 1.54) is 14.4 Å². The van der Waals surface area contributed by atoms with E-state index in [1.54, 1.807) is 0 Å². The van der Waals surface area contributed by atoms with Crippen LogP contribution in [0, 0.1) is 0 Å². The molecule has 10 aliphatic rings. The molecular formula is C17H24Fe. The molecule has 1 spiro atoms. The molecule has 0 aromatic heterocycles. The van der Waals surface area contributed by atoms with Gasteiger partial charge in [0, 0.05) is 0 Å². The third-order valence-electron chi connectivity index (χ3n) is 21.1. The second kappa shape index (κ2) is 0.513. The van der Waals surface area contributed by atoms with Crippen molar-refractivity contribution in [3.63, 3.8) is 0 Å². The molecule has 10 rings (SSSR count). The normalized spacial score (nSPS) is 138. The maximum absolute atomic E-state index is 3.46. The molecule has 0 N–H and O–H groups in total. The summed E-state index contributed by atoms with van der Waals surface area (Å²) in [4.78, 5) is 4.01. The molecule has 0 aliphatic carbocycles. The van der Waals surface area contributed by atoms with Crippen LogP contribution in [0.2, 0.25) is 44.6 Å². The zero-order valence-corrected chi connectivity index (χ0v) is 13.7. The van der Waals surface area contributed by atoms with Gasteiger partial charge in [0.1, 0.15) is 0 Å². The van der Waals surface area contributed by atoms with Gasteiger partial charge in [0.05, 0.1) is 0 Å². The first kappa shape index (κ1) is 7.51. The third kappa shape index (κ3) is 0.0453. The molecule has 0 saturated carbocycles. The fraction of sp³-hybridized carbons (Fsp3) is 1.00. The molecule has 1 heteroatoms. The Morgan fingerprint density at radius 2 is 0.833 bits per heavy atom. The molecule has 4 unspecified atom stereocenters. The van der Waals surface area contributed by atoms with Crippen molar-refractivity contribution in [1.82, 2.24) is 0 Å². The molecule has 10 saturated heterocycles. The van der Waals surface area contributed by atoms with Gasteiger partial charge in [-0.1, -0.05) is 0 Å². The fourth-order valence-electron chi connectivity index (χ4n) is 26.6. The summed E-state index contributed by atoms with van der Waals surface area (Å²) in [7, 11) is 0. The van der Waals surface area contributed by atoms with Crippen LogP contribution in [-0.4, -0.2) is 0 Å². The Kier molecular flexibility index (Phi) is 0.214. The third-order valence-corrected chi connectivity index (χ3v) is 74.9. The van der Waals surface area contributed by atoms with Gasteiger partial charge >= 0.3 is 99.6 Å².